The van der Waals surface area contributed by atoms with E-state index in [0.717, 1.165) is 38.1 Å². The maximum Gasteiger partial charge on any atom is 0.243 e. The van der Waals surface area contributed by atoms with E-state index >= 15 is 0 Å². The third-order valence-electron chi connectivity index (χ3n) is 4.19. The summed E-state index contributed by atoms with van der Waals surface area (Å²) in [5, 5.41) is 0. The molecule has 1 saturated heterocycles. The van der Waals surface area contributed by atoms with Crippen molar-refractivity contribution >= 4 is 10.0 Å². The molecule has 1 fully saturated rings. The van der Waals surface area contributed by atoms with E-state index in [9.17, 15) is 17.2 Å². The van der Waals surface area contributed by atoms with Crippen LogP contribution in [0.15, 0.2) is 23.1 Å². The van der Waals surface area contributed by atoms with E-state index < -0.39 is 26.6 Å². The number of nitrogens with one attached hydrogen (secondary N) is 1. The summed E-state index contributed by atoms with van der Waals surface area (Å²) in [7, 11) is -4.05. The molecule has 0 spiro atoms. The standard InChI is InChI=1S/C15H22F2N2O2S/c1-11-5-7-19(8-6-11)12(2)10-18-22(20,21)15-9-13(16)3-4-14(15)17/h3-4,9,11-12,18H,5-8,10H2,1-2H3/t12-/m1/s1. The minimum absolute atomic E-state index is 0.0129. The van der Waals surface area contributed by atoms with E-state index in [4.69, 9.17) is 0 Å². The molecule has 7 heteroatoms. The number of nitrogens with zero attached hydrogens (tertiary/aromatic N) is 1. The van der Waals surface area contributed by atoms with Crippen LogP contribution in [-0.4, -0.2) is 39.0 Å². The Labute approximate surface area is 130 Å². The molecule has 1 heterocycles. The lowest BCUT2D eigenvalue weighted by molar-refractivity contribution is 0.148. The highest BCUT2D eigenvalue weighted by atomic mass is 32.2. The smallest absolute Gasteiger partial charge is 0.243 e. The first kappa shape index (κ1) is 17.3. The van der Waals surface area contributed by atoms with Crippen LogP contribution in [0.3, 0.4) is 0 Å². The summed E-state index contributed by atoms with van der Waals surface area (Å²) >= 11 is 0. The van der Waals surface area contributed by atoms with Crippen molar-refractivity contribution in [1.29, 1.82) is 0 Å². The molecule has 22 heavy (non-hydrogen) atoms. The molecule has 1 aromatic rings. The molecule has 1 aliphatic heterocycles. The van der Waals surface area contributed by atoms with Gasteiger partial charge in [0.25, 0.3) is 0 Å². The number of likely N-dealkylation sites (tertiary alicyclic amines) is 1. The lowest BCUT2D eigenvalue weighted by Gasteiger charge is -2.34. The number of hydrogen-bond acceptors (Lipinski definition) is 3. The van der Waals surface area contributed by atoms with E-state index in [2.05, 4.69) is 16.5 Å². The summed E-state index contributed by atoms with van der Waals surface area (Å²) in [6.07, 6.45) is 2.19. The van der Waals surface area contributed by atoms with Crippen molar-refractivity contribution in [2.75, 3.05) is 19.6 Å². The van der Waals surface area contributed by atoms with Crippen molar-refractivity contribution < 1.29 is 17.2 Å². The van der Waals surface area contributed by atoms with Gasteiger partial charge in [-0.05, 0) is 57.0 Å². The first-order valence-electron chi connectivity index (χ1n) is 7.48. The predicted molar refractivity (Wildman–Crippen MR) is 81.0 cm³/mol. The Morgan fingerprint density at radius 3 is 2.59 bits per heavy atom. The second-order valence-corrected chi connectivity index (χ2v) is 7.73. The molecule has 0 saturated carbocycles. The number of sulfonamides is 1. The fourth-order valence-corrected chi connectivity index (χ4v) is 3.80. The molecule has 0 radical (unpaired) electrons. The summed E-state index contributed by atoms with van der Waals surface area (Å²) in [6, 6.07) is 2.43. The van der Waals surface area contributed by atoms with Crippen LogP contribution in [0.25, 0.3) is 0 Å². The van der Waals surface area contributed by atoms with E-state index in [1.165, 1.54) is 0 Å². The molecule has 124 valence electrons. The third kappa shape index (κ3) is 4.24. The molecular formula is C15H22F2N2O2S. The Morgan fingerprint density at radius 2 is 1.95 bits per heavy atom. The van der Waals surface area contributed by atoms with Crippen molar-refractivity contribution in [3.05, 3.63) is 29.8 Å². The van der Waals surface area contributed by atoms with Crippen LogP contribution < -0.4 is 4.72 Å². The van der Waals surface area contributed by atoms with Crippen LogP contribution in [0.4, 0.5) is 8.78 Å². The van der Waals surface area contributed by atoms with Gasteiger partial charge in [0.1, 0.15) is 16.5 Å². The topological polar surface area (TPSA) is 49.4 Å². The van der Waals surface area contributed by atoms with Crippen LogP contribution in [0.2, 0.25) is 0 Å². The Balaban J connectivity index is 1.99. The highest BCUT2D eigenvalue weighted by Gasteiger charge is 2.24. The van der Waals surface area contributed by atoms with E-state index in [1.54, 1.807) is 0 Å². The van der Waals surface area contributed by atoms with Crippen LogP contribution in [-0.2, 0) is 10.0 Å². The van der Waals surface area contributed by atoms with Gasteiger partial charge < -0.3 is 0 Å². The highest BCUT2D eigenvalue weighted by Crippen LogP contribution is 2.19. The van der Waals surface area contributed by atoms with Crippen LogP contribution >= 0.6 is 0 Å². The minimum Gasteiger partial charge on any atom is -0.299 e. The van der Waals surface area contributed by atoms with Gasteiger partial charge in [0.05, 0.1) is 0 Å². The van der Waals surface area contributed by atoms with Crippen molar-refractivity contribution in [2.24, 2.45) is 5.92 Å². The van der Waals surface area contributed by atoms with Gasteiger partial charge in [-0.25, -0.2) is 21.9 Å². The molecule has 0 amide bonds. The number of piperidine rings is 1. The molecule has 0 unspecified atom stereocenters. The van der Waals surface area contributed by atoms with Gasteiger partial charge in [-0.15, -0.1) is 0 Å². The van der Waals surface area contributed by atoms with Crippen molar-refractivity contribution in [2.45, 2.75) is 37.6 Å². The second-order valence-electron chi connectivity index (χ2n) is 5.99. The SMILES string of the molecule is CC1CCN([C@H](C)CNS(=O)(=O)c2cc(F)ccc2F)CC1. The number of benzene rings is 1. The summed E-state index contributed by atoms with van der Waals surface area (Å²) < 4.78 is 53.3. The summed E-state index contributed by atoms with van der Waals surface area (Å²) in [4.78, 5) is 1.57. The molecule has 1 aliphatic rings. The van der Waals surface area contributed by atoms with Gasteiger partial charge in [0.2, 0.25) is 10.0 Å². The van der Waals surface area contributed by atoms with Crippen LogP contribution in [0, 0.1) is 17.6 Å². The molecule has 4 nitrogen and oxygen atoms in total. The minimum atomic E-state index is -4.05. The zero-order valence-corrected chi connectivity index (χ0v) is 13.7. The monoisotopic (exact) mass is 332 g/mol. The van der Waals surface area contributed by atoms with Crippen LogP contribution in [0.1, 0.15) is 26.7 Å². The Morgan fingerprint density at radius 1 is 1.32 bits per heavy atom. The zero-order chi connectivity index (χ0) is 16.3. The molecule has 1 N–H and O–H groups in total. The maximum absolute atomic E-state index is 13.6. The Hall–Kier alpha value is -1.05. The maximum atomic E-state index is 13.6. The molecular weight excluding hydrogens is 310 g/mol. The number of hydrogen-bond donors (Lipinski definition) is 1. The fraction of sp³-hybridized carbons (Fsp3) is 0.600. The van der Waals surface area contributed by atoms with E-state index in [1.807, 2.05) is 6.92 Å². The average Bonchev–Trinajstić information content (AvgIpc) is 2.48. The number of halogens is 2. The molecule has 0 bridgehead atoms. The highest BCUT2D eigenvalue weighted by molar-refractivity contribution is 7.89. The summed E-state index contributed by atoms with van der Waals surface area (Å²) in [5.74, 6) is -1.03. The zero-order valence-electron chi connectivity index (χ0n) is 12.9. The lowest BCUT2D eigenvalue weighted by atomic mass is 9.98. The third-order valence-corrected chi connectivity index (χ3v) is 5.63. The van der Waals surface area contributed by atoms with E-state index in [-0.39, 0.29) is 12.6 Å². The quantitative estimate of drug-likeness (QED) is 0.900. The van der Waals surface area contributed by atoms with Gasteiger partial charge >= 0.3 is 0 Å². The average molecular weight is 332 g/mol. The van der Waals surface area contributed by atoms with Crippen molar-refractivity contribution in [3.63, 3.8) is 0 Å². The van der Waals surface area contributed by atoms with E-state index in [0.29, 0.717) is 12.0 Å². The molecule has 1 aromatic carbocycles. The largest absolute Gasteiger partial charge is 0.299 e. The van der Waals surface area contributed by atoms with Gasteiger partial charge in [0, 0.05) is 12.6 Å². The van der Waals surface area contributed by atoms with Gasteiger partial charge in [-0.2, -0.15) is 0 Å². The first-order valence-corrected chi connectivity index (χ1v) is 8.96. The first-order chi connectivity index (χ1) is 10.3. The predicted octanol–water partition coefficient (Wildman–Crippen LogP) is 2.36. The van der Waals surface area contributed by atoms with Crippen molar-refractivity contribution in [1.82, 2.24) is 9.62 Å². The summed E-state index contributed by atoms with van der Waals surface area (Å²) in [5.41, 5.74) is 0. The van der Waals surface area contributed by atoms with Crippen LogP contribution in [0.5, 0.6) is 0 Å². The fourth-order valence-electron chi connectivity index (χ4n) is 2.59. The molecule has 1 atom stereocenters. The Bertz CT molecular complexity index is 614. The Kier molecular flexibility index (Phi) is 5.52. The van der Waals surface area contributed by atoms with Gasteiger partial charge in [0.15, 0.2) is 0 Å². The summed E-state index contributed by atoms with van der Waals surface area (Å²) in [6.45, 7) is 6.17. The van der Waals surface area contributed by atoms with Gasteiger partial charge in [-0.3, -0.25) is 4.90 Å². The molecule has 2 rings (SSSR count). The normalized spacial score (nSPS) is 19.3. The second kappa shape index (κ2) is 7.02. The van der Waals surface area contributed by atoms with Gasteiger partial charge in [-0.1, -0.05) is 6.92 Å². The molecule has 0 aliphatic carbocycles. The van der Waals surface area contributed by atoms with Crippen molar-refractivity contribution in [3.8, 4) is 0 Å². The number of rotatable bonds is 5. The lowest BCUT2D eigenvalue weighted by Crippen LogP contribution is -2.45. The molecule has 0 aromatic heterocycles.